The van der Waals surface area contributed by atoms with E-state index < -0.39 is 17.9 Å². The van der Waals surface area contributed by atoms with Gasteiger partial charge in [0.15, 0.2) is 5.11 Å². The van der Waals surface area contributed by atoms with Crippen molar-refractivity contribution in [2.45, 2.75) is 83.6 Å². The van der Waals surface area contributed by atoms with Crippen molar-refractivity contribution in [2.75, 3.05) is 19.7 Å². The van der Waals surface area contributed by atoms with Crippen LogP contribution in [0.15, 0.2) is 36.4 Å². The summed E-state index contributed by atoms with van der Waals surface area (Å²) in [5.41, 5.74) is 0.888. The van der Waals surface area contributed by atoms with Crippen molar-refractivity contribution < 1.29 is 19.1 Å². The number of hydrogen-bond acceptors (Lipinski definition) is 5. The smallest absolute Gasteiger partial charge is 0.308 e. The molecule has 1 unspecified atom stereocenters. The van der Waals surface area contributed by atoms with Crippen LogP contribution in [0.5, 0.6) is 0 Å². The molecule has 0 saturated carbocycles. The molecule has 0 aromatic heterocycles. The lowest BCUT2D eigenvalue weighted by Crippen LogP contribution is -2.60. The Morgan fingerprint density at radius 1 is 1.06 bits per heavy atom. The van der Waals surface area contributed by atoms with Gasteiger partial charge < -0.3 is 15.0 Å². The number of carbonyl (C=O) groups excluding carboxylic acids is 3. The fraction of sp³-hybridized carbons (Fsp3) is 0.571. The van der Waals surface area contributed by atoms with E-state index in [1.807, 2.05) is 30.3 Å². The van der Waals surface area contributed by atoms with Crippen molar-refractivity contribution >= 4 is 41.2 Å². The minimum absolute atomic E-state index is 0.112. The van der Waals surface area contributed by atoms with Crippen molar-refractivity contribution in [3.63, 3.8) is 0 Å². The van der Waals surface area contributed by atoms with E-state index in [0.717, 1.165) is 24.8 Å². The number of rotatable bonds is 15. The maximum atomic E-state index is 12.5. The van der Waals surface area contributed by atoms with E-state index in [2.05, 4.69) is 17.6 Å². The van der Waals surface area contributed by atoms with E-state index >= 15 is 0 Å². The Morgan fingerprint density at radius 3 is 2.36 bits per heavy atom. The van der Waals surface area contributed by atoms with E-state index in [9.17, 15) is 14.4 Å². The maximum Gasteiger partial charge on any atom is 0.308 e. The molecule has 36 heavy (non-hydrogen) atoms. The number of nitrogens with one attached hydrogen (secondary N) is 2. The van der Waals surface area contributed by atoms with Crippen molar-refractivity contribution in [3.05, 3.63) is 42.0 Å². The maximum absolute atomic E-state index is 12.5. The Labute approximate surface area is 221 Å². The molecule has 0 aliphatic carbocycles. The van der Waals surface area contributed by atoms with Gasteiger partial charge in [0.2, 0.25) is 11.8 Å². The second kappa shape index (κ2) is 17.7. The quantitative estimate of drug-likeness (QED) is 0.152. The number of piperazine rings is 1. The van der Waals surface area contributed by atoms with E-state index in [1.165, 1.54) is 51.0 Å². The zero-order chi connectivity index (χ0) is 26.0. The number of thiocarbonyl (C=S) groups is 1. The van der Waals surface area contributed by atoms with E-state index in [4.69, 9.17) is 17.0 Å². The molecule has 8 heteroatoms. The number of nitrogens with zero attached hydrogens (tertiary/aromatic N) is 1. The third kappa shape index (κ3) is 11.8. The van der Waals surface area contributed by atoms with Gasteiger partial charge in [-0.3, -0.25) is 19.7 Å². The minimum Gasteiger partial charge on any atom is -0.466 e. The van der Waals surface area contributed by atoms with Crippen LogP contribution >= 0.6 is 12.2 Å². The van der Waals surface area contributed by atoms with Gasteiger partial charge >= 0.3 is 5.97 Å². The molecule has 7 nitrogen and oxygen atoms in total. The van der Waals surface area contributed by atoms with Crippen LogP contribution in [-0.4, -0.2) is 53.5 Å². The highest BCUT2D eigenvalue weighted by atomic mass is 32.1. The predicted molar refractivity (Wildman–Crippen MR) is 147 cm³/mol. The largest absolute Gasteiger partial charge is 0.466 e. The number of hydrogen-bond donors (Lipinski definition) is 2. The number of benzene rings is 1. The summed E-state index contributed by atoms with van der Waals surface area (Å²) in [7, 11) is 0. The Kier molecular flexibility index (Phi) is 14.5. The highest BCUT2D eigenvalue weighted by molar-refractivity contribution is 7.80. The van der Waals surface area contributed by atoms with Crippen LogP contribution in [0.25, 0.3) is 6.08 Å². The zero-order valence-electron chi connectivity index (χ0n) is 21.5. The molecule has 2 rings (SSSR count). The fourth-order valence-electron chi connectivity index (χ4n) is 4.11. The lowest BCUT2D eigenvalue weighted by Gasteiger charge is -2.36. The molecule has 0 bridgehead atoms. The molecule has 1 fully saturated rings. The third-order valence-corrected chi connectivity index (χ3v) is 6.51. The van der Waals surface area contributed by atoms with Crippen molar-refractivity contribution in [1.82, 2.24) is 15.5 Å². The van der Waals surface area contributed by atoms with Gasteiger partial charge in [-0.15, -0.1) is 0 Å². The van der Waals surface area contributed by atoms with Crippen molar-refractivity contribution in [1.29, 1.82) is 0 Å². The topological polar surface area (TPSA) is 87.7 Å². The van der Waals surface area contributed by atoms with Gasteiger partial charge in [0, 0.05) is 19.2 Å². The number of unbranched alkanes of at least 4 members (excludes halogenated alkanes) is 9. The molecule has 1 atom stereocenters. The SMILES string of the molecule is CCCCCCCCCCCCOC(=O)CC1C(=O)NCCN1C(=S)NC(=O)/C=C/c1ccccc1. The summed E-state index contributed by atoms with van der Waals surface area (Å²) in [4.78, 5) is 38.7. The molecule has 2 amide bonds. The summed E-state index contributed by atoms with van der Waals surface area (Å²) in [6, 6.07) is 8.63. The molecule has 1 aromatic rings. The number of amides is 2. The van der Waals surface area contributed by atoms with Crippen molar-refractivity contribution in [3.8, 4) is 0 Å². The number of esters is 1. The predicted octanol–water partition coefficient (Wildman–Crippen LogP) is 4.76. The molecule has 1 saturated heterocycles. The average molecular weight is 516 g/mol. The molecular formula is C28H41N3O4S. The Morgan fingerprint density at radius 2 is 1.69 bits per heavy atom. The second-order valence-corrected chi connectivity index (χ2v) is 9.53. The van der Waals surface area contributed by atoms with E-state index in [1.54, 1.807) is 11.0 Å². The summed E-state index contributed by atoms with van der Waals surface area (Å²) in [6.07, 6.45) is 15.0. The Bertz CT molecular complexity index is 860. The van der Waals surface area contributed by atoms with Gasteiger partial charge in [-0.1, -0.05) is 95.0 Å². The first-order chi connectivity index (χ1) is 17.5. The zero-order valence-corrected chi connectivity index (χ0v) is 22.3. The third-order valence-electron chi connectivity index (χ3n) is 6.17. The number of carbonyl (C=O) groups is 3. The van der Waals surface area contributed by atoms with Gasteiger partial charge in [-0.25, -0.2) is 0 Å². The normalized spacial score (nSPS) is 15.5. The van der Waals surface area contributed by atoms with Gasteiger partial charge in [-0.05, 0) is 30.3 Å². The number of ether oxygens (including phenoxy) is 1. The summed E-state index contributed by atoms with van der Waals surface area (Å²) in [5, 5.41) is 5.52. The van der Waals surface area contributed by atoms with Crippen LogP contribution in [0.2, 0.25) is 0 Å². The summed E-state index contributed by atoms with van der Waals surface area (Å²) < 4.78 is 5.37. The highest BCUT2D eigenvalue weighted by Crippen LogP contribution is 2.13. The summed E-state index contributed by atoms with van der Waals surface area (Å²) >= 11 is 5.38. The van der Waals surface area contributed by atoms with Gasteiger partial charge in [-0.2, -0.15) is 0 Å². The van der Waals surface area contributed by atoms with Crippen LogP contribution in [0.4, 0.5) is 0 Å². The van der Waals surface area contributed by atoms with Crippen LogP contribution in [0, 0.1) is 0 Å². The fourth-order valence-corrected chi connectivity index (χ4v) is 4.43. The first kappa shape index (κ1) is 29.5. The van der Waals surface area contributed by atoms with Crippen LogP contribution in [0.3, 0.4) is 0 Å². The Hall–Kier alpha value is -2.74. The lowest BCUT2D eigenvalue weighted by molar-refractivity contribution is -0.147. The molecule has 1 aromatic carbocycles. The minimum atomic E-state index is -0.801. The first-order valence-electron chi connectivity index (χ1n) is 13.3. The average Bonchev–Trinajstić information content (AvgIpc) is 2.87. The summed E-state index contributed by atoms with van der Waals surface area (Å²) in [6.45, 7) is 3.38. The van der Waals surface area contributed by atoms with Gasteiger partial charge in [0.25, 0.3) is 0 Å². The molecule has 0 radical (unpaired) electrons. The molecule has 2 N–H and O–H groups in total. The molecule has 0 spiro atoms. The van der Waals surface area contributed by atoms with Crippen LogP contribution in [0.1, 0.15) is 83.1 Å². The second-order valence-electron chi connectivity index (χ2n) is 9.15. The lowest BCUT2D eigenvalue weighted by atomic mass is 10.1. The van der Waals surface area contributed by atoms with Gasteiger partial charge in [0.05, 0.1) is 13.0 Å². The highest BCUT2D eigenvalue weighted by Gasteiger charge is 2.34. The van der Waals surface area contributed by atoms with E-state index in [-0.39, 0.29) is 17.4 Å². The molecule has 1 aliphatic rings. The molecular weight excluding hydrogens is 474 g/mol. The van der Waals surface area contributed by atoms with Crippen LogP contribution < -0.4 is 10.6 Å². The Balaban J connectivity index is 1.68. The summed E-state index contributed by atoms with van der Waals surface area (Å²) in [5.74, 6) is -1.12. The van der Waals surface area contributed by atoms with Gasteiger partial charge in [0.1, 0.15) is 6.04 Å². The van der Waals surface area contributed by atoms with Crippen LogP contribution in [-0.2, 0) is 19.1 Å². The standard InChI is InChI=1S/C28H41N3O4S/c1-2-3-4-5-6-7-8-9-10-14-21-35-26(33)22-24-27(34)29-19-20-31(24)28(36)30-25(32)18-17-23-15-12-11-13-16-23/h11-13,15-18,24H,2-10,14,19-22H2,1H3,(H,29,34)(H,30,32,36)/b18-17+. The molecule has 1 aliphatic heterocycles. The molecule has 1 heterocycles. The van der Waals surface area contributed by atoms with E-state index in [0.29, 0.717) is 19.7 Å². The molecule has 198 valence electrons. The van der Waals surface area contributed by atoms with Crippen molar-refractivity contribution in [2.24, 2.45) is 0 Å². The first-order valence-corrected chi connectivity index (χ1v) is 13.7. The monoisotopic (exact) mass is 515 g/mol.